The Morgan fingerprint density at radius 2 is 1.44 bits per heavy atom. The number of rotatable bonds is 6. The third-order valence-corrected chi connectivity index (χ3v) is 12.2. The molecule has 1 unspecified atom stereocenters. The molecule has 0 aliphatic heterocycles. The number of furan rings is 1. The summed E-state index contributed by atoms with van der Waals surface area (Å²) in [6, 6.07) is 32.3. The van der Waals surface area contributed by atoms with Gasteiger partial charge in [-0.25, -0.2) is 8.78 Å². The summed E-state index contributed by atoms with van der Waals surface area (Å²) in [5, 5.41) is 3.33. The van der Waals surface area contributed by atoms with E-state index in [1.54, 1.807) is 0 Å². The van der Waals surface area contributed by atoms with Crippen LogP contribution in [0.4, 0.5) is 8.78 Å². The van der Waals surface area contributed by atoms with Crippen LogP contribution in [0, 0.1) is 36.6 Å². The Morgan fingerprint density at radius 1 is 0.741 bits per heavy atom. The van der Waals surface area contributed by atoms with E-state index in [4.69, 9.17) is 9.40 Å². The van der Waals surface area contributed by atoms with E-state index < -0.39 is 19.7 Å². The summed E-state index contributed by atoms with van der Waals surface area (Å²) >= 11 is 0. The zero-order valence-corrected chi connectivity index (χ0v) is 36.2. The van der Waals surface area contributed by atoms with Crippen molar-refractivity contribution >= 4 is 35.2 Å². The van der Waals surface area contributed by atoms with Gasteiger partial charge in [0.2, 0.25) is 0 Å². The van der Waals surface area contributed by atoms with Crippen molar-refractivity contribution in [2.45, 2.75) is 79.4 Å². The molecule has 54 heavy (non-hydrogen) atoms. The normalized spacial score (nSPS) is 12.4. The van der Waals surface area contributed by atoms with E-state index in [0.717, 1.165) is 39.4 Å². The average Bonchev–Trinajstić information content (AvgIpc) is 3.48. The van der Waals surface area contributed by atoms with Crippen molar-refractivity contribution in [2.24, 2.45) is 5.92 Å². The fourth-order valence-corrected chi connectivity index (χ4v) is 8.36. The van der Waals surface area contributed by atoms with Crippen LogP contribution in [-0.2, 0) is 25.5 Å². The SMILES string of the molecule is CC(C)C(C)c1ccnc(-c2[c-]ccc3c2oc2cc(-c4cc(F)cc(F)c4)ccc23)c1.Cc1cc(-c2[c-]ccc(C(C)(C)C)c2)ncc1[Si](C)(C)C.[Ir]. The topological polar surface area (TPSA) is 38.9 Å². The third-order valence-electron chi connectivity index (χ3n) is 10.1. The zero-order chi connectivity index (χ0) is 38.2. The van der Waals surface area contributed by atoms with Crippen LogP contribution < -0.4 is 5.19 Å². The quantitative estimate of drug-likeness (QED) is 0.123. The summed E-state index contributed by atoms with van der Waals surface area (Å²) in [5.41, 5.74) is 10.3. The molecule has 3 heterocycles. The molecule has 1 atom stereocenters. The van der Waals surface area contributed by atoms with Crippen molar-refractivity contribution in [3.05, 3.63) is 138 Å². The van der Waals surface area contributed by atoms with Crippen LogP contribution >= 0.6 is 0 Å². The second kappa shape index (κ2) is 16.2. The third kappa shape index (κ3) is 8.97. The summed E-state index contributed by atoms with van der Waals surface area (Å²) in [7, 11) is -1.32. The molecule has 0 bridgehead atoms. The number of halogens is 2. The predicted molar refractivity (Wildman–Crippen MR) is 219 cm³/mol. The van der Waals surface area contributed by atoms with Gasteiger partial charge in [0.25, 0.3) is 0 Å². The first-order valence-electron chi connectivity index (χ1n) is 18.3. The molecular formula is C47H48F2IrN2OSi-2. The molecule has 0 aliphatic rings. The van der Waals surface area contributed by atoms with Gasteiger partial charge in [-0.3, -0.25) is 0 Å². The standard InChI is InChI=1S/C28H22F2NO.C19H26NSi.Ir/c1-16(2)17(3)18-9-10-31-26(13-18)25-6-4-5-24-23-8-7-19(14-27(23)32-28(24)25)20-11-21(29)15-22(30)12-20;1-14-11-17(20-13-18(14)21(5,6)7)15-9-8-10-16(12-15)19(2,3)4;/h4-5,7-17H,1-3H3;8,10-13H,1-7H3;/q2*-1;. The molecule has 0 amide bonds. The smallest absolute Gasteiger partial charge is 0.126 e. The largest absolute Gasteiger partial charge is 0.501 e. The van der Waals surface area contributed by atoms with Gasteiger partial charge in [0.15, 0.2) is 0 Å². The van der Waals surface area contributed by atoms with Gasteiger partial charge in [0.05, 0.1) is 13.7 Å². The van der Waals surface area contributed by atoms with Crippen molar-refractivity contribution in [3.8, 4) is 33.6 Å². The van der Waals surface area contributed by atoms with E-state index in [1.807, 2.05) is 42.6 Å². The van der Waals surface area contributed by atoms with Crippen LogP contribution in [0.1, 0.15) is 64.2 Å². The van der Waals surface area contributed by atoms with Crippen LogP contribution in [0.5, 0.6) is 0 Å². The minimum Gasteiger partial charge on any atom is -0.501 e. The number of aromatic nitrogens is 2. The van der Waals surface area contributed by atoms with E-state index >= 15 is 0 Å². The molecule has 0 saturated carbocycles. The molecule has 7 rings (SSSR count). The molecule has 4 aromatic carbocycles. The molecule has 0 aliphatic carbocycles. The second-order valence-corrected chi connectivity index (χ2v) is 21.5. The Labute approximate surface area is 333 Å². The fourth-order valence-electron chi connectivity index (χ4n) is 6.65. The van der Waals surface area contributed by atoms with Crippen molar-refractivity contribution in [1.82, 2.24) is 9.97 Å². The maximum atomic E-state index is 13.7. The molecule has 3 nitrogen and oxygen atoms in total. The Kier molecular flexibility index (Phi) is 12.3. The number of benzene rings is 4. The maximum absolute atomic E-state index is 13.7. The number of hydrogen-bond donors (Lipinski definition) is 0. The molecular weight excluding hydrogens is 867 g/mol. The van der Waals surface area contributed by atoms with Crippen LogP contribution in [-0.4, -0.2) is 18.0 Å². The molecule has 7 aromatic rings. The first-order valence-corrected chi connectivity index (χ1v) is 21.8. The molecule has 0 fully saturated rings. The van der Waals surface area contributed by atoms with Crippen molar-refractivity contribution < 1.29 is 33.3 Å². The number of aryl methyl sites for hydroxylation is 1. The van der Waals surface area contributed by atoms with Gasteiger partial charge >= 0.3 is 0 Å². The number of pyridine rings is 2. The van der Waals surface area contributed by atoms with Gasteiger partial charge < -0.3 is 14.4 Å². The van der Waals surface area contributed by atoms with E-state index in [1.165, 1.54) is 34.0 Å². The Balaban J connectivity index is 0.000000223. The van der Waals surface area contributed by atoms with Crippen molar-refractivity contribution in [2.75, 3.05) is 0 Å². The van der Waals surface area contributed by atoms with Gasteiger partial charge in [-0.15, -0.1) is 53.6 Å². The molecule has 0 saturated heterocycles. The molecule has 281 valence electrons. The summed E-state index contributed by atoms with van der Waals surface area (Å²) in [6.45, 7) is 22.6. The minimum atomic E-state index is -1.32. The van der Waals surface area contributed by atoms with Crippen molar-refractivity contribution in [3.63, 3.8) is 0 Å². The molecule has 3 aromatic heterocycles. The van der Waals surface area contributed by atoms with Crippen LogP contribution in [0.2, 0.25) is 19.6 Å². The Morgan fingerprint density at radius 3 is 2.09 bits per heavy atom. The first kappa shape index (κ1) is 40.9. The maximum Gasteiger partial charge on any atom is 0.126 e. The summed E-state index contributed by atoms with van der Waals surface area (Å²) in [6.07, 6.45) is 3.91. The molecule has 0 N–H and O–H groups in total. The average molecular weight is 915 g/mol. The predicted octanol–water partition coefficient (Wildman–Crippen LogP) is 12.9. The summed E-state index contributed by atoms with van der Waals surface area (Å²) in [4.78, 5) is 9.28. The fraction of sp³-hybridized carbons (Fsp3) is 0.277. The van der Waals surface area contributed by atoms with Crippen LogP contribution in [0.3, 0.4) is 0 Å². The van der Waals surface area contributed by atoms with Gasteiger partial charge in [-0.05, 0) is 76.1 Å². The number of hydrogen-bond acceptors (Lipinski definition) is 3. The van der Waals surface area contributed by atoms with E-state index in [0.29, 0.717) is 34.1 Å². The van der Waals surface area contributed by atoms with E-state index in [2.05, 4.69) is 122 Å². The number of nitrogens with zero attached hydrogens (tertiary/aromatic N) is 2. The van der Waals surface area contributed by atoms with Gasteiger partial charge in [0, 0.05) is 44.0 Å². The number of fused-ring (bicyclic) bond motifs is 3. The second-order valence-electron chi connectivity index (χ2n) is 16.4. The Hall–Kier alpha value is -4.29. The molecule has 1 radical (unpaired) electrons. The molecule has 7 heteroatoms. The molecule has 0 spiro atoms. The zero-order valence-electron chi connectivity index (χ0n) is 32.8. The van der Waals surface area contributed by atoms with Crippen LogP contribution in [0.25, 0.3) is 55.6 Å². The summed E-state index contributed by atoms with van der Waals surface area (Å²) < 4.78 is 33.7. The van der Waals surface area contributed by atoms with Gasteiger partial charge in [0.1, 0.15) is 17.2 Å². The van der Waals surface area contributed by atoms with E-state index in [9.17, 15) is 8.78 Å². The Bertz CT molecular complexity index is 2400. The van der Waals surface area contributed by atoms with E-state index in [-0.39, 0.29) is 25.5 Å². The van der Waals surface area contributed by atoms with Gasteiger partial charge in [-0.2, -0.15) is 0 Å². The van der Waals surface area contributed by atoms with Crippen LogP contribution in [0.15, 0.2) is 102 Å². The monoisotopic (exact) mass is 915 g/mol. The van der Waals surface area contributed by atoms with Gasteiger partial charge in [-0.1, -0.05) is 108 Å². The summed E-state index contributed by atoms with van der Waals surface area (Å²) in [5.74, 6) is -0.297. The first-order chi connectivity index (χ1) is 25.0. The van der Waals surface area contributed by atoms with Crippen molar-refractivity contribution in [1.29, 1.82) is 0 Å². The minimum absolute atomic E-state index is 0.